The van der Waals surface area contributed by atoms with Crippen molar-refractivity contribution < 1.29 is 18.0 Å². The minimum Gasteiger partial charge on any atom is -0.371 e. The fourth-order valence-electron chi connectivity index (χ4n) is 5.26. The standard InChI is InChI=1S/C29H33F3N8O/c1-17-6-7-20(12-26(17)40-16-25(36-37-40)23-15-34-38(5)19(23)3)28(41)35-22-13-24(29(30,31)32)18(2)27(14-22)39-10-8-21(33-4)9-11-39/h6-7,12-16,21,33H,8-11H2,1-5H3,(H,35,41). The Hall–Kier alpha value is -4.19. The van der Waals surface area contributed by atoms with Crippen LogP contribution < -0.4 is 15.5 Å². The molecule has 2 aromatic heterocycles. The van der Waals surface area contributed by atoms with Crippen molar-refractivity contribution in [3.8, 4) is 16.9 Å². The average Bonchev–Trinajstić information content (AvgIpc) is 3.55. The molecular weight excluding hydrogens is 533 g/mol. The number of halogens is 3. The number of rotatable bonds is 6. The van der Waals surface area contributed by atoms with E-state index in [-0.39, 0.29) is 16.8 Å². The van der Waals surface area contributed by atoms with E-state index in [2.05, 4.69) is 26.0 Å². The second-order valence-electron chi connectivity index (χ2n) is 10.5. The van der Waals surface area contributed by atoms with E-state index in [1.165, 1.54) is 6.92 Å². The van der Waals surface area contributed by atoms with Gasteiger partial charge in [-0.1, -0.05) is 11.3 Å². The van der Waals surface area contributed by atoms with Gasteiger partial charge in [-0.3, -0.25) is 9.48 Å². The summed E-state index contributed by atoms with van der Waals surface area (Å²) in [5.74, 6) is -0.522. The maximum Gasteiger partial charge on any atom is 0.416 e. The fourth-order valence-corrected chi connectivity index (χ4v) is 5.26. The van der Waals surface area contributed by atoms with Gasteiger partial charge in [0.25, 0.3) is 5.91 Å². The molecule has 3 heterocycles. The van der Waals surface area contributed by atoms with Gasteiger partial charge in [-0.15, -0.1) is 5.10 Å². The number of benzene rings is 2. The van der Waals surface area contributed by atoms with Gasteiger partial charge < -0.3 is 15.5 Å². The third-order valence-corrected chi connectivity index (χ3v) is 7.91. The van der Waals surface area contributed by atoms with Gasteiger partial charge in [-0.25, -0.2) is 4.68 Å². The van der Waals surface area contributed by atoms with E-state index in [1.807, 2.05) is 32.8 Å². The van der Waals surface area contributed by atoms with Crippen LogP contribution in [0.3, 0.4) is 0 Å². The van der Waals surface area contributed by atoms with Gasteiger partial charge in [0.15, 0.2) is 0 Å². The molecule has 1 saturated heterocycles. The van der Waals surface area contributed by atoms with Crippen molar-refractivity contribution in [2.45, 2.75) is 45.8 Å². The lowest BCUT2D eigenvalue weighted by Gasteiger charge is -2.35. The van der Waals surface area contributed by atoms with Crippen molar-refractivity contribution in [3.63, 3.8) is 0 Å². The Kier molecular flexibility index (Phi) is 7.60. The van der Waals surface area contributed by atoms with Gasteiger partial charge in [0.2, 0.25) is 0 Å². The van der Waals surface area contributed by atoms with Crippen molar-refractivity contribution in [1.29, 1.82) is 0 Å². The Balaban J connectivity index is 1.43. The summed E-state index contributed by atoms with van der Waals surface area (Å²) in [6.45, 7) is 6.55. The van der Waals surface area contributed by atoms with Crippen LogP contribution in [-0.2, 0) is 13.2 Å². The number of piperidine rings is 1. The van der Waals surface area contributed by atoms with E-state index in [0.29, 0.717) is 36.2 Å². The number of nitrogens with zero attached hydrogens (tertiary/aromatic N) is 6. The van der Waals surface area contributed by atoms with Gasteiger partial charge in [-0.2, -0.15) is 18.3 Å². The molecule has 5 rings (SSSR count). The summed E-state index contributed by atoms with van der Waals surface area (Å²) in [7, 11) is 3.74. The maximum absolute atomic E-state index is 14.0. The molecule has 0 bridgehead atoms. The second-order valence-corrected chi connectivity index (χ2v) is 10.5. The number of nitrogens with one attached hydrogen (secondary N) is 2. The third kappa shape index (κ3) is 5.69. The molecule has 216 valence electrons. The summed E-state index contributed by atoms with van der Waals surface area (Å²) in [5, 5.41) is 18.7. The van der Waals surface area contributed by atoms with Crippen molar-refractivity contribution in [2.75, 3.05) is 30.4 Å². The summed E-state index contributed by atoms with van der Waals surface area (Å²) in [4.78, 5) is 15.3. The maximum atomic E-state index is 14.0. The first-order valence-corrected chi connectivity index (χ1v) is 13.4. The van der Waals surface area contributed by atoms with E-state index in [4.69, 9.17) is 0 Å². The third-order valence-electron chi connectivity index (χ3n) is 7.91. The lowest BCUT2D eigenvalue weighted by Crippen LogP contribution is -2.41. The molecule has 2 N–H and O–H groups in total. The molecule has 1 amide bonds. The second kappa shape index (κ2) is 11.0. The molecule has 0 atom stereocenters. The predicted octanol–water partition coefficient (Wildman–Crippen LogP) is 5.05. The monoisotopic (exact) mass is 566 g/mol. The largest absolute Gasteiger partial charge is 0.416 e. The molecule has 1 aliphatic heterocycles. The molecular formula is C29H33F3N8O. The molecule has 0 aliphatic carbocycles. The number of amides is 1. The number of hydrogen-bond acceptors (Lipinski definition) is 6. The van der Waals surface area contributed by atoms with Crippen molar-refractivity contribution in [3.05, 3.63) is 70.7 Å². The lowest BCUT2D eigenvalue weighted by atomic mass is 10.00. The van der Waals surface area contributed by atoms with E-state index in [0.717, 1.165) is 35.7 Å². The average molecular weight is 567 g/mol. The Morgan fingerprint density at radius 2 is 1.78 bits per heavy atom. The first-order valence-electron chi connectivity index (χ1n) is 13.4. The number of carbonyl (C=O) groups is 1. The zero-order valence-electron chi connectivity index (χ0n) is 23.7. The van der Waals surface area contributed by atoms with Crippen LogP contribution in [0.1, 0.15) is 45.6 Å². The summed E-state index contributed by atoms with van der Waals surface area (Å²) in [6, 6.07) is 8.04. The molecule has 12 heteroatoms. The molecule has 0 saturated carbocycles. The summed E-state index contributed by atoms with van der Waals surface area (Å²) in [6.07, 6.45) is 0.563. The zero-order chi connectivity index (χ0) is 29.5. The highest BCUT2D eigenvalue weighted by Gasteiger charge is 2.35. The van der Waals surface area contributed by atoms with Gasteiger partial charge >= 0.3 is 6.18 Å². The number of aromatic nitrogens is 5. The Morgan fingerprint density at radius 1 is 1.05 bits per heavy atom. The number of aryl methyl sites for hydroxylation is 2. The first-order chi connectivity index (χ1) is 19.5. The highest BCUT2D eigenvalue weighted by Crippen LogP contribution is 2.39. The van der Waals surface area contributed by atoms with E-state index in [1.54, 1.807) is 46.0 Å². The summed E-state index contributed by atoms with van der Waals surface area (Å²) in [5.41, 5.74) is 4.15. The van der Waals surface area contributed by atoms with Gasteiger partial charge in [0.05, 0.1) is 23.6 Å². The molecule has 0 radical (unpaired) electrons. The Labute approximate surface area is 236 Å². The van der Waals surface area contributed by atoms with Crippen LogP contribution in [0.5, 0.6) is 0 Å². The van der Waals surface area contributed by atoms with Crippen molar-refractivity contribution in [1.82, 2.24) is 30.1 Å². The predicted molar refractivity (Wildman–Crippen MR) is 151 cm³/mol. The molecule has 9 nitrogen and oxygen atoms in total. The normalized spacial score (nSPS) is 14.5. The molecule has 0 unspecified atom stereocenters. The smallest absolute Gasteiger partial charge is 0.371 e. The summed E-state index contributed by atoms with van der Waals surface area (Å²) < 4.78 is 45.4. The van der Waals surface area contributed by atoms with E-state index < -0.39 is 17.6 Å². The van der Waals surface area contributed by atoms with E-state index >= 15 is 0 Å². The van der Waals surface area contributed by atoms with E-state index in [9.17, 15) is 18.0 Å². The fraction of sp³-hybridized carbons (Fsp3) is 0.379. The quantitative estimate of drug-likeness (QED) is 0.339. The number of alkyl halides is 3. The molecule has 1 fully saturated rings. The minimum absolute atomic E-state index is 0.0934. The van der Waals surface area contributed by atoms with Crippen LogP contribution in [0.15, 0.2) is 42.7 Å². The van der Waals surface area contributed by atoms with Crippen molar-refractivity contribution in [2.24, 2.45) is 7.05 Å². The van der Waals surface area contributed by atoms with Gasteiger partial charge in [0, 0.05) is 54.4 Å². The topological polar surface area (TPSA) is 92.9 Å². The molecule has 2 aromatic carbocycles. The van der Waals surface area contributed by atoms with Gasteiger partial charge in [0.1, 0.15) is 5.69 Å². The number of hydrogen-bond donors (Lipinski definition) is 2. The van der Waals surface area contributed by atoms with Crippen LogP contribution in [0.25, 0.3) is 16.9 Å². The molecule has 0 spiro atoms. The number of carbonyl (C=O) groups excluding carboxylic acids is 1. The molecule has 41 heavy (non-hydrogen) atoms. The highest BCUT2D eigenvalue weighted by molar-refractivity contribution is 6.05. The minimum atomic E-state index is -4.56. The summed E-state index contributed by atoms with van der Waals surface area (Å²) >= 11 is 0. The van der Waals surface area contributed by atoms with Crippen LogP contribution >= 0.6 is 0 Å². The van der Waals surface area contributed by atoms with Crippen LogP contribution in [-0.4, -0.2) is 56.9 Å². The van der Waals surface area contributed by atoms with Gasteiger partial charge in [-0.05, 0) is 76.1 Å². The number of anilines is 2. The molecule has 1 aliphatic rings. The van der Waals surface area contributed by atoms with Crippen LogP contribution in [0, 0.1) is 20.8 Å². The van der Waals surface area contributed by atoms with Crippen LogP contribution in [0.2, 0.25) is 0 Å². The lowest BCUT2D eigenvalue weighted by molar-refractivity contribution is -0.138. The molecule has 4 aromatic rings. The van der Waals surface area contributed by atoms with Crippen molar-refractivity contribution >= 4 is 17.3 Å². The first kappa shape index (κ1) is 28.3. The zero-order valence-corrected chi connectivity index (χ0v) is 23.7. The SMILES string of the molecule is CNC1CCN(c2cc(NC(=O)c3ccc(C)c(-n4cc(-c5cnn(C)c5C)nn4)c3)cc(C(F)(F)F)c2C)CC1. The Morgan fingerprint density at radius 3 is 2.41 bits per heavy atom. The highest BCUT2D eigenvalue weighted by atomic mass is 19.4. The van der Waals surface area contributed by atoms with Crippen LogP contribution in [0.4, 0.5) is 24.5 Å². The Bertz CT molecular complexity index is 1580.